The fourth-order valence-electron chi connectivity index (χ4n) is 1.91. The van der Waals surface area contributed by atoms with E-state index in [1.54, 1.807) is 13.8 Å². The average molecular weight is 312 g/mol. The van der Waals surface area contributed by atoms with Crippen LogP contribution in [0, 0.1) is 5.41 Å². The Morgan fingerprint density at radius 1 is 1.19 bits per heavy atom. The standard InChI is InChI=1S/C13H23F3N2O3/c1-5-12(6-2,10(19)20)7-17-11(21)18(9(3)4)8-13(14,15)16/h9H,5-8H2,1-4H3,(H,17,21)(H,19,20). The van der Waals surface area contributed by atoms with Gasteiger partial charge in [0.1, 0.15) is 6.54 Å². The van der Waals surface area contributed by atoms with E-state index in [1.165, 1.54) is 13.8 Å². The minimum Gasteiger partial charge on any atom is -0.481 e. The number of nitrogens with one attached hydrogen (secondary N) is 1. The lowest BCUT2D eigenvalue weighted by Gasteiger charge is -2.31. The molecule has 0 aliphatic heterocycles. The number of amides is 2. The molecule has 5 nitrogen and oxygen atoms in total. The second kappa shape index (κ2) is 7.51. The summed E-state index contributed by atoms with van der Waals surface area (Å²) in [5.41, 5.74) is -1.16. The number of nitrogens with zero attached hydrogens (tertiary/aromatic N) is 1. The maximum atomic E-state index is 12.4. The van der Waals surface area contributed by atoms with Crippen LogP contribution >= 0.6 is 0 Å². The predicted molar refractivity (Wildman–Crippen MR) is 71.9 cm³/mol. The number of urea groups is 1. The van der Waals surface area contributed by atoms with E-state index >= 15 is 0 Å². The first kappa shape index (κ1) is 19.5. The smallest absolute Gasteiger partial charge is 0.406 e. The molecule has 0 aromatic heterocycles. The Morgan fingerprint density at radius 3 is 1.95 bits per heavy atom. The van der Waals surface area contributed by atoms with Crippen molar-refractivity contribution in [3.05, 3.63) is 0 Å². The Bertz CT molecular complexity index is 366. The number of carbonyl (C=O) groups is 2. The first-order valence-electron chi connectivity index (χ1n) is 6.83. The summed E-state index contributed by atoms with van der Waals surface area (Å²) in [7, 11) is 0. The summed E-state index contributed by atoms with van der Waals surface area (Å²) in [4.78, 5) is 23.8. The zero-order valence-corrected chi connectivity index (χ0v) is 12.8. The third-order valence-corrected chi connectivity index (χ3v) is 3.62. The lowest BCUT2D eigenvalue weighted by molar-refractivity contribution is -0.149. The highest BCUT2D eigenvalue weighted by Crippen LogP contribution is 2.26. The molecule has 8 heteroatoms. The van der Waals surface area contributed by atoms with E-state index in [1.807, 2.05) is 0 Å². The third kappa shape index (κ3) is 5.81. The van der Waals surface area contributed by atoms with Crippen LogP contribution in [0.4, 0.5) is 18.0 Å². The number of hydrogen-bond acceptors (Lipinski definition) is 2. The molecule has 0 radical (unpaired) electrons. The number of halogens is 3. The van der Waals surface area contributed by atoms with Gasteiger partial charge in [-0.3, -0.25) is 4.79 Å². The van der Waals surface area contributed by atoms with Crippen LogP contribution in [0.15, 0.2) is 0 Å². The number of aliphatic carboxylic acids is 1. The molecule has 0 rings (SSSR count). The van der Waals surface area contributed by atoms with Crippen LogP contribution in [0.25, 0.3) is 0 Å². The first-order chi connectivity index (χ1) is 9.49. The maximum absolute atomic E-state index is 12.4. The molecule has 0 aromatic carbocycles. The SMILES string of the molecule is CCC(CC)(CNC(=O)N(CC(F)(F)F)C(C)C)C(=O)O. The molecular formula is C13H23F3N2O3. The van der Waals surface area contributed by atoms with Gasteiger partial charge in [0.15, 0.2) is 0 Å². The largest absolute Gasteiger partial charge is 0.481 e. The second-order valence-electron chi connectivity index (χ2n) is 5.29. The molecule has 0 atom stereocenters. The summed E-state index contributed by atoms with van der Waals surface area (Å²) >= 11 is 0. The molecule has 124 valence electrons. The van der Waals surface area contributed by atoms with Crippen molar-refractivity contribution in [3.63, 3.8) is 0 Å². The van der Waals surface area contributed by atoms with E-state index in [-0.39, 0.29) is 19.4 Å². The Hall–Kier alpha value is -1.47. The number of carboxylic acid groups (broad SMARTS) is 1. The van der Waals surface area contributed by atoms with Crippen molar-refractivity contribution >= 4 is 12.0 Å². The van der Waals surface area contributed by atoms with Crippen molar-refractivity contribution in [2.45, 2.75) is 52.8 Å². The van der Waals surface area contributed by atoms with Crippen molar-refractivity contribution in [2.24, 2.45) is 5.41 Å². The van der Waals surface area contributed by atoms with Gasteiger partial charge in [0.25, 0.3) is 0 Å². The van der Waals surface area contributed by atoms with E-state index in [0.29, 0.717) is 4.90 Å². The molecule has 0 unspecified atom stereocenters. The van der Waals surface area contributed by atoms with Gasteiger partial charge < -0.3 is 15.3 Å². The number of alkyl halides is 3. The van der Waals surface area contributed by atoms with Crippen molar-refractivity contribution in [3.8, 4) is 0 Å². The molecule has 0 saturated heterocycles. The topological polar surface area (TPSA) is 69.6 Å². The maximum Gasteiger partial charge on any atom is 0.406 e. The highest BCUT2D eigenvalue weighted by molar-refractivity contribution is 5.78. The monoisotopic (exact) mass is 312 g/mol. The molecule has 21 heavy (non-hydrogen) atoms. The molecule has 0 aliphatic carbocycles. The van der Waals surface area contributed by atoms with Crippen LogP contribution in [-0.2, 0) is 4.79 Å². The second-order valence-corrected chi connectivity index (χ2v) is 5.29. The van der Waals surface area contributed by atoms with E-state index in [0.717, 1.165) is 0 Å². The number of carbonyl (C=O) groups excluding carboxylic acids is 1. The number of carboxylic acids is 1. The molecule has 0 spiro atoms. The van der Waals surface area contributed by atoms with E-state index in [9.17, 15) is 27.9 Å². The normalized spacial score (nSPS) is 12.4. The summed E-state index contributed by atoms with van der Waals surface area (Å²) in [6, 6.07) is -1.55. The van der Waals surface area contributed by atoms with E-state index in [2.05, 4.69) is 5.32 Å². The quantitative estimate of drug-likeness (QED) is 0.759. The molecule has 0 aromatic rings. The predicted octanol–water partition coefficient (Wildman–Crippen LogP) is 2.86. The van der Waals surface area contributed by atoms with Gasteiger partial charge in [-0.15, -0.1) is 0 Å². The fourth-order valence-corrected chi connectivity index (χ4v) is 1.91. The summed E-state index contributed by atoms with van der Waals surface area (Å²) in [6.07, 6.45) is -3.94. The average Bonchev–Trinajstić information content (AvgIpc) is 2.35. The van der Waals surface area contributed by atoms with Gasteiger partial charge >= 0.3 is 18.2 Å². The minimum atomic E-state index is -4.50. The molecule has 0 fully saturated rings. The minimum absolute atomic E-state index is 0.199. The highest BCUT2D eigenvalue weighted by atomic mass is 19.4. The van der Waals surface area contributed by atoms with Crippen molar-refractivity contribution in [1.82, 2.24) is 10.2 Å². The van der Waals surface area contributed by atoms with E-state index in [4.69, 9.17) is 0 Å². The number of hydrogen-bond donors (Lipinski definition) is 2. The van der Waals surface area contributed by atoms with Crippen LogP contribution in [0.3, 0.4) is 0 Å². The summed E-state index contributed by atoms with van der Waals surface area (Å²) < 4.78 is 37.3. The molecule has 0 aliphatic rings. The molecule has 0 heterocycles. The van der Waals surface area contributed by atoms with Gasteiger partial charge in [0.2, 0.25) is 0 Å². The Labute approximate surface area is 122 Å². The van der Waals surface area contributed by atoms with Gasteiger partial charge in [-0.2, -0.15) is 13.2 Å². The van der Waals surface area contributed by atoms with Gasteiger partial charge in [-0.05, 0) is 26.7 Å². The molecular weight excluding hydrogens is 289 g/mol. The van der Waals surface area contributed by atoms with Crippen molar-refractivity contribution < 1.29 is 27.9 Å². The van der Waals surface area contributed by atoms with Crippen molar-refractivity contribution in [1.29, 1.82) is 0 Å². The lowest BCUT2D eigenvalue weighted by atomic mass is 9.82. The van der Waals surface area contributed by atoms with Crippen LogP contribution in [0.1, 0.15) is 40.5 Å². The fraction of sp³-hybridized carbons (Fsp3) is 0.846. The lowest BCUT2D eigenvalue weighted by Crippen LogP contribution is -2.51. The Kier molecular flexibility index (Phi) is 6.99. The van der Waals surface area contributed by atoms with Gasteiger partial charge in [-0.25, -0.2) is 4.79 Å². The zero-order chi connectivity index (χ0) is 16.8. The number of rotatable bonds is 7. The molecule has 2 N–H and O–H groups in total. The molecule has 0 bridgehead atoms. The zero-order valence-electron chi connectivity index (χ0n) is 12.8. The van der Waals surface area contributed by atoms with Gasteiger partial charge in [0, 0.05) is 12.6 Å². The molecule has 2 amide bonds. The Morgan fingerprint density at radius 2 is 1.67 bits per heavy atom. The van der Waals surface area contributed by atoms with Gasteiger partial charge in [0.05, 0.1) is 5.41 Å². The van der Waals surface area contributed by atoms with Crippen LogP contribution in [0.5, 0.6) is 0 Å². The van der Waals surface area contributed by atoms with Crippen LogP contribution < -0.4 is 5.32 Å². The van der Waals surface area contributed by atoms with Crippen LogP contribution in [0.2, 0.25) is 0 Å². The third-order valence-electron chi connectivity index (χ3n) is 3.62. The van der Waals surface area contributed by atoms with Crippen molar-refractivity contribution in [2.75, 3.05) is 13.1 Å². The summed E-state index contributed by atoms with van der Waals surface area (Å²) in [5.74, 6) is -1.07. The van der Waals surface area contributed by atoms with Crippen LogP contribution in [-0.4, -0.2) is 47.3 Å². The Balaban J connectivity index is 4.88. The molecule has 0 saturated carbocycles. The summed E-state index contributed by atoms with van der Waals surface area (Å²) in [6.45, 7) is 4.70. The first-order valence-corrected chi connectivity index (χ1v) is 6.83. The summed E-state index contributed by atoms with van der Waals surface area (Å²) in [5, 5.41) is 11.5. The highest BCUT2D eigenvalue weighted by Gasteiger charge is 2.38. The van der Waals surface area contributed by atoms with E-state index < -0.39 is 36.2 Å². The van der Waals surface area contributed by atoms with Gasteiger partial charge in [-0.1, -0.05) is 13.8 Å².